The minimum Gasteiger partial charge on any atom is -0.343 e. The van der Waals surface area contributed by atoms with Gasteiger partial charge in [-0.2, -0.15) is 4.98 Å². The summed E-state index contributed by atoms with van der Waals surface area (Å²) in [4.78, 5) is 4.01. The predicted molar refractivity (Wildman–Crippen MR) is 79.4 cm³/mol. The van der Waals surface area contributed by atoms with E-state index in [-0.39, 0.29) is 0 Å². The van der Waals surface area contributed by atoms with Crippen molar-refractivity contribution in [2.45, 2.75) is 39.7 Å². The van der Waals surface area contributed by atoms with Crippen molar-refractivity contribution in [1.82, 2.24) is 15.5 Å². The molecule has 0 aliphatic carbocycles. The van der Waals surface area contributed by atoms with Crippen LogP contribution in [-0.4, -0.2) is 16.7 Å². The molecule has 0 fully saturated rings. The summed E-state index contributed by atoms with van der Waals surface area (Å²) in [6.07, 6.45) is 3.29. The Hall–Kier alpha value is -1.68. The lowest BCUT2D eigenvalue weighted by molar-refractivity contribution is 0.408. The summed E-state index contributed by atoms with van der Waals surface area (Å²) in [5, 5.41) is 7.27. The number of hydrogen-bond acceptors (Lipinski definition) is 4. The first-order valence-electron chi connectivity index (χ1n) is 7.22. The molecular formula is C16H23N3O. The third-order valence-corrected chi connectivity index (χ3v) is 3.33. The van der Waals surface area contributed by atoms with Crippen LogP contribution in [0.4, 0.5) is 0 Å². The largest absolute Gasteiger partial charge is 0.343 e. The molecule has 0 amide bonds. The lowest BCUT2D eigenvalue weighted by Gasteiger charge is -2.14. The monoisotopic (exact) mass is 273 g/mol. The Kier molecular flexibility index (Phi) is 5.30. The van der Waals surface area contributed by atoms with Gasteiger partial charge in [-0.1, -0.05) is 43.3 Å². The smallest absolute Gasteiger partial charge is 0.213 e. The van der Waals surface area contributed by atoms with Gasteiger partial charge in [-0.3, -0.25) is 0 Å². The van der Waals surface area contributed by atoms with Gasteiger partial charge >= 0.3 is 0 Å². The topological polar surface area (TPSA) is 51.0 Å². The van der Waals surface area contributed by atoms with Crippen LogP contribution in [0.2, 0.25) is 0 Å². The minimum absolute atomic E-state index is 0.329. The van der Waals surface area contributed by atoms with E-state index >= 15 is 0 Å². The van der Waals surface area contributed by atoms with Crippen LogP contribution in [-0.2, 0) is 12.8 Å². The Morgan fingerprint density at radius 2 is 1.90 bits per heavy atom. The second kappa shape index (κ2) is 7.20. The third kappa shape index (κ3) is 4.46. The van der Waals surface area contributed by atoms with Gasteiger partial charge in [-0.15, -0.1) is 0 Å². The van der Waals surface area contributed by atoms with Crippen LogP contribution in [0.15, 0.2) is 35.2 Å². The van der Waals surface area contributed by atoms with Crippen molar-refractivity contribution >= 4 is 0 Å². The molecule has 4 nitrogen and oxygen atoms in total. The maximum absolute atomic E-state index is 4.71. The average Bonchev–Trinajstić information content (AvgIpc) is 2.92. The summed E-state index contributed by atoms with van der Waals surface area (Å²) in [6.45, 7) is 7.51. The maximum atomic E-state index is 4.71. The highest BCUT2D eigenvalue weighted by Gasteiger charge is 2.06. The molecule has 0 aliphatic heterocycles. The van der Waals surface area contributed by atoms with E-state index in [1.54, 1.807) is 0 Å². The van der Waals surface area contributed by atoms with Gasteiger partial charge in [-0.05, 0) is 30.4 Å². The second-order valence-corrected chi connectivity index (χ2v) is 5.61. The molecule has 0 spiro atoms. The molecule has 1 aromatic heterocycles. The van der Waals surface area contributed by atoms with Gasteiger partial charge in [0.15, 0.2) is 5.82 Å². The first kappa shape index (κ1) is 14.7. The molecule has 1 heterocycles. The molecule has 108 valence electrons. The molecule has 0 bridgehead atoms. The first-order valence-corrected chi connectivity index (χ1v) is 7.22. The lowest BCUT2D eigenvalue weighted by Crippen LogP contribution is -2.21. The van der Waals surface area contributed by atoms with Gasteiger partial charge in [0.2, 0.25) is 6.39 Å². The molecule has 2 aromatic rings. The molecule has 0 saturated carbocycles. The van der Waals surface area contributed by atoms with Crippen molar-refractivity contribution in [3.05, 3.63) is 47.6 Å². The summed E-state index contributed by atoms with van der Waals surface area (Å²) in [5.74, 6) is 1.45. The zero-order valence-electron chi connectivity index (χ0n) is 12.5. The molecule has 1 atom stereocenters. The van der Waals surface area contributed by atoms with E-state index in [9.17, 15) is 0 Å². The zero-order valence-corrected chi connectivity index (χ0v) is 12.5. The molecular weight excluding hydrogens is 250 g/mol. The van der Waals surface area contributed by atoms with Gasteiger partial charge < -0.3 is 9.84 Å². The number of hydrogen-bond donors (Lipinski definition) is 1. The van der Waals surface area contributed by atoms with E-state index in [0.29, 0.717) is 12.0 Å². The molecule has 0 saturated heterocycles. The van der Waals surface area contributed by atoms with E-state index in [1.807, 2.05) is 0 Å². The summed E-state index contributed by atoms with van der Waals surface area (Å²) < 4.78 is 4.71. The SMILES string of the molecule is CC(C)Cc1ccc(C(C)NCCc2ncon2)cc1. The van der Waals surface area contributed by atoms with Crippen LogP contribution in [0.25, 0.3) is 0 Å². The number of benzene rings is 1. The molecule has 1 unspecified atom stereocenters. The lowest BCUT2D eigenvalue weighted by atomic mass is 10.00. The van der Waals surface area contributed by atoms with Crippen molar-refractivity contribution in [3.63, 3.8) is 0 Å². The predicted octanol–water partition coefficient (Wildman–Crippen LogP) is 3.16. The number of nitrogens with one attached hydrogen (secondary N) is 1. The Labute approximate surface area is 120 Å². The summed E-state index contributed by atoms with van der Waals surface area (Å²) in [5.41, 5.74) is 2.72. The highest BCUT2D eigenvalue weighted by molar-refractivity contribution is 5.25. The average molecular weight is 273 g/mol. The van der Waals surface area contributed by atoms with Gasteiger partial charge in [-0.25, -0.2) is 0 Å². The number of rotatable bonds is 7. The number of nitrogens with zero attached hydrogens (tertiary/aromatic N) is 2. The summed E-state index contributed by atoms with van der Waals surface area (Å²) in [7, 11) is 0. The normalized spacial score (nSPS) is 12.8. The quantitative estimate of drug-likeness (QED) is 0.842. The van der Waals surface area contributed by atoms with Crippen LogP contribution in [0.3, 0.4) is 0 Å². The molecule has 2 rings (SSSR count). The second-order valence-electron chi connectivity index (χ2n) is 5.61. The van der Waals surface area contributed by atoms with Crippen molar-refractivity contribution in [3.8, 4) is 0 Å². The van der Waals surface area contributed by atoms with Crippen LogP contribution in [0.1, 0.15) is 43.8 Å². The molecule has 4 heteroatoms. The Morgan fingerprint density at radius 1 is 1.15 bits per heavy atom. The minimum atomic E-state index is 0.329. The fourth-order valence-corrected chi connectivity index (χ4v) is 2.23. The summed E-state index contributed by atoms with van der Waals surface area (Å²) in [6, 6.07) is 9.21. The molecule has 0 radical (unpaired) electrons. The van der Waals surface area contributed by atoms with E-state index < -0.39 is 0 Å². The Balaban J connectivity index is 1.81. The first-order chi connectivity index (χ1) is 9.65. The highest BCUT2D eigenvalue weighted by atomic mass is 16.5. The molecule has 20 heavy (non-hydrogen) atoms. The van der Waals surface area contributed by atoms with Crippen LogP contribution >= 0.6 is 0 Å². The fourth-order valence-electron chi connectivity index (χ4n) is 2.23. The standard InChI is InChI=1S/C16H23N3O/c1-12(2)10-14-4-6-15(7-5-14)13(3)17-9-8-16-18-11-20-19-16/h4-7,11-13,17H,8-10H2,1-3H3. The fraction of sp³-hybridized carbons (Fsp3) is 0.500. The van der Waals surface area contributed by atoms with E-state index in [1.165, 1.54) is 17.5 Å². The molecule has 0 aliphatic rings. The van der Waals surface area contributed by atoms with E-state index in [0.717, 1.165) is 25.2 Å². The third-order valence-electron chi connectivity index (χ3n) is 3.33. The van der Waals surface area contributed by atoms with Gasteiger partial charge in [0, 0.05) is 19.0 Å². The summed E-state index contributed by atoms with van der Waals surface area (Å²) >= 11 is 0. The van der Waals surface area contributed by atoms with Gasteiger partial charge in [0.25, 0.3) is 0 Å². The van der Waals surface area contributed by atoms with Crippen LogP contribution in [0.5, 0.6) is 0 Å². The highest BCUT2D eigenvalue weighted by Crippen LogP contribution is 2.15. The van der Waals surface area contributed by atoms with Crippen LogP contribution < -0.4 is 5.32 Å². The Bertz CT molecular complexity index is 491. The maximum Gasteiger partial charge on any atom is 0.213 e. The van der Waals surface area contributed by atoms with Crippen LogP contribution in [0, 0.1) is 5.92 Å². The van der Waals surface area contributed by atoms with Gasteiger partial charge in [0.05, 0.1) is 0 Å². The van der Waals surface area contributed by atoms with Crippen molar-refractivity contribution in [2.24, 2.45) is 5.92 Å². The molecule has 1 aromatic carbocycles. The van der Waals surface area contributed by atoms with Gasteiger partial charge in [0.1, 0.15) is 0 Å². The Morgan fingerprint density at radius 3 is 2.50 bits per heavy atom. The van der Waals surface area contributed by atoms with Crippen molar-refractivity contribution in [1.29, 1.82) is 0 Å². The van der Waals surface area contributed by atoms with Crippen molar-refractivity contribution < 1.29 is 4.52 Å². The molecule has 1 N–H and O–H groups in total. The number of aromatic nitrogens is 2. The zero-order chi connectivity index (χ0) is 14.4. The van der Waals surface area contributed by atoms with E-state index in [2.05, 4.69) is 60.5 Å². The van der Waals surface area contributed by atoms with Crippen molar-refractivity contribution in [2.75, 3.05) is 6.54 Å². The van der Waals surface area contributed by atoms with E-state index in [4.69, 9.17) is 4.52 Å².